The quantitative estimate of drug-likeness (QED) is 0.706. The van der Waals surface area contributed by atoms with Crippen LogP contribution in [0.1, 0.15) is 19.3 Å². The molecule has 1 aromatic rings. The second-order valence-corrected chi connectivity index (χ2v) is 6.76. The van der Waals surface area contributed by atoms with Crippen molar-refractivity contribution in [2.24, 2.45) is 5.92 Å². The third-order valence-corrected chi connectivity index (χ3v) is 4.45. The average molecular weight is 284 g/mol. The highest BCUT2D eigenvalue weighted by Crippen LogP contribution is 2.31. The fraction of sp³-hybridized carbons (Fsp3) is 0.538. The average Bonchev–Trinajstić information content (AvgIpc) is 3.15. The van der Waals surface area contributed by atoms with Gasteiger partial charge in [-0.3, -0.25) is 0 Å². The van der Waals surface area contributed by atoms with Gasteiger partial charge in [-0.2, -0.15) is 0 Å². The van der Waals surface area contributed by atoms with Crippen LogP contribution in [0.4, 0.5) is 5.69 Å². The van der Waals surface area contributed by atoms with E-state index in [0.29, 0.717) is 18.0 Å². The van der Waals surface area contributed by atoms with Gasteiger partial charge in [0.05, 0.1) is 11.4 Å². The molecule has 3 N–H and O–H groups in total. The Balaban J connectivity index is 1.70. The number of hydrogen-bond acceptors (Lipinski definition) is 4. The van der Waals surface area contributed by atoms with Crippen molar-refractivity contribution in [3.8, 4) is 5.75 Å². The third kappa shape index (κ3) is 5.08. The number of nitrogen functional groups attached to an aromatic ring is 1. The lowest BCUT2D eigenvalue weighted by Crippen LogP contribution is -2.30. The molecule has 0 saturated heterocycles. The summed E-state index contributed by atoms with van der Waals surface area (Å²) in [4.78, 5) is 0. The number of ether oxygens (including phenoxy) is 1. The predicted molar refractivity (Wildman–Crippen MR) is 75.5 cm³/mol. The Morgan fingerprint density at radius 2 is 2.05 bits per heavy atom. The first-order valence-corrected chi connectivity index (χ1v) is 8.17. The van der Waals surface area contributed by atoms with Crippen molar-refractivity contribution in [1.82, 2.24) is 4.72 Å². The van der Waals surface area contributed by atoms with Gasteiger partial charge in [-0.1, -0.05) is 25.0 Å². The van der Waals surface area contributed by atoms with E-state index in [1.54, 1.807) is 24.3 Å². The van der Waals surface area contributed by atoms with Gasteiger partial charge in [0.25, 0.3) is 0 Å². The number of para-hydroxylation sites is 2. The largest absolute Gasteiger partial charge is 0.490 e. The number of anilines is 1. The van der Waals surface area contributed by atoms with E-state index >= 15 is 0 Å². The lowest BCUT2D eigenvalue weighted by molar-refractivity contribution is 0.342. The van der Waals surface area contributed by atoms with Crippen LogP contribution in [0, 0.1) is 5.92 Å². The minimum Gasteiger partial charge on any atom is -0.490 e. The van der Waals surface area contributed by atoms with Gasteiger partial charge in [-0.15, -0.1) is 0 Å². The fourth-order valence-corrected chi connectivity index (χ4v) is 2.65. The van der Waals surface area contributed by atoms with E-state index in [4.69, 9.17) is 10.5 Å². The van der Waals surface area contributed by atoms with Crippen LogP contribution in [0.25, 0.3) is 0 Å². The van der Waals surface area contributed by atoms with Gasteiger partial charge in [0.15, 0.2) is 0 Å². The van der Waals surface area contributed by atoms with E-state index < -0.39 is 10.0 Å². The molecule has 6 heteroatoms. The monoisotopic (exact) mass is 284 g/mol. The molecule has 1 aliphatic carbocycles. The summed E-state index contributed by atoms with van der Waals surface area (Å²) in [5, 5.41) is 0. The van der Waals surface area contributed by atoms with Crippen LogP contribution >= 0.6 is 0 Å². The summed E-state index contributed by atoms with van der Waals surface area (Å²) in [7, 11) is -3.25. The zero-order valence-corrected chi connectivity index (χ0v) is 11.7. The molecule has 0 aliphatic heterocycles. The predicted octanol–water partition coefficient (Wildman–Crippen LogP) is 1.37. The topological polar surface area (TPSA) is 81.4 Å². The molecule has 106 valence electrons. The molecule has 1 fully saturated rings. The normalized spacial score (nSPS) is 15.4. The molecule has 1 aliphatic rings. The Kier molecular flexibility index (Phi) is 4.66. The maximum Gasteiger partial charge on any atom is 0.214 e. The van der Waals surface area contributed by atoms with Crippen molar-refractivity contribution in [2.75, 3.05) is 24.6 Å². The van der Waals surface area contributed by atoms with Crippen molar-refractivity contribution >= 4 is 15.7 Å². The van der Waals surface area contributed by atoms with Crippen molar-refractivity contribution in [2.45, 2.75) is 19.3 Å². The molecule has 0 spiro atoms. The minimum absolute atomic E-state index is 0.0496. The van der Waals surface area contributed by atoms with Crippen LogP contribution in [0.15, 0.2) is 24.3 Å². The third-order valence-electron chi connectivity index (χ3n) is 3.10. The van der Waals surface area contributed by atoms with E-state index in [9.17, 15) is 8.42 Å². The highest BCUT2D eigenvalue weighted by atomic mass is 32.2. The van der Waals surface area contributed by atoms with Crippen LogP contribution < -0.4 is 15.2 Å². The van der Waals surface area contributed by atoms with Crippen LogP contribution in [-0.2, 0) is 10.0 Å². The maximum absolute atomic E-state index is 11.7. The van der Waals surface area contributed by atoms with Crippen LogP contribution in [0.3, 0.4) is 0 Å². The highest BCUT2D eigenvalue weighted by Gasteiger charge is 2.21. The molecule has 0 heterocycles. The van der Waals surface area contributed by atoms with Gasteiger partial charge in [-0.25, -0.2) is 13.1 Å². The van der Waals surface area contributed by atoms with Crippen molar-refractivity contribution in [1.29, 1.82) is 0 Å². The Hall–Kier alpha value is -1.27. The first kappa shape index (κ1) is 14.1. The van der Waals surface area contributed by atoms with E-state index in [-0.39, 0.29) is 12.4 Å². The SMILES string of the molecule is Nc1ccccc1OCCS(=O)(=O)NCCC1CC1. The molecule has 1 saturated carbocycles. The molecule has 5 nitrogen and oxygen atoms in total. The molecule has 0 radical (unpaired) electrons. The number of rotatable bonds is 8. The summed E-state index contributed by atoms with van der Waals surface area (Å²) in [6.45, 7) is 0.632. The zero-order valence-electron chi connectivity index (χ0n) is 10.8. The Bertz CT molecular complexity index is 512. The number of nitrogens with two attached hydrogens (primary N) is 1. The molecule has 2 rings (SSSR count). The van der Waals surface area contributed by atoms with Gasteiger partial charge in [0.2, 0.25) is 10.0 Å². The molecular weight excluding hydrogens is 264 g/mol. The lowest BCUT2D eigenvalue weighted by Gasteiger charge is -2.09. The first-order chi connectivity index (χ1) is 9.07. The van der Waals surface area contributed by atoms with Gasteiger partial charge in [0, 0.05) is 6.54 Å². The Labute approximate surface area is 114 Å². The molecule has 19 heavy (non-hydrogen) atoms. The number of sulfonamides is 1. The molecule has 0 aromatic heterocycles. The molecule has 1 aromatic carbocycles. The van der Waals surface area contributed by atoms with E-state index in [1.165, 1.54) is 12.8 Å². The van der Waals surface area contributed by atoms with Gasteiger partial charge < -0.3 is 10.5 Å². The summed E-state index contributed by atoms with van der Waals surface area (Å²) in [5.41, 5.74) is 6.22. The van der Waals surface area contributed by atoms with E-state index in [2.05, 4.69) is 4.72 Å². The summed E-state index contributed by atoms with van der Waals surface area (Å²) in [6.07, 6.45) is 3.40. The second kappa shape index (κ2) is 6.25. The molecular formula is C13H20N2O3S. The van der Waals surface area contributed by atoms with E-state index in [1.807, 2.05) is 0 Å². The van der Waals surface area contributed by atoms with Gasteiger partial charge >= 0.3 is 0 Å². The van der Waals surface area contributed by atoms with Crippen LogP contribution in [-0.4, -0.2) is 27.3 Å². The van der Waals surface area contributed by atoms with Gasteiger partial charge in [0.1, 0.15) is 12.4 Å². The van der Waals surface area contributed by atoms with Crippen molar-refractivity contribution in [3.05, 3.63) is 24.3 Å². The molecule has 0 unspecified atom stereocenters. The van der Waals surface area contributed by atoms with Crippen LogP contribution in [0.2, 0.25) is 0 Å². The highest BCUT2D eigenvalue weighted by molar-refractivity contribution is 7.89. The second-order valence-electron chi connectivity index (χ2n) is 4.83. The summed E-state index contributed by atoms with van der Waals surface area (Å²) >= 11 is 0. The smallest absolute Gasteiger partial charge is 0.214 e. The molecule has 0 amide bonds. The molecule has 0 atom stereocenters. The van der Waals surface area contributed by atoms with Crippen LogP contribution in [0.5, 0.6) is 5.75 Å². The number of benzene rings is 1. The summed E-state index contributed by atoms with van der Waals surface area (Å²) < 4.78 is 31.3. The van der Waals surface area contributed by atoms with Gasteiger partial charge in [-0.05, 0) is 24.5 Å². The van der Waals surface area contributed by atoms with Crippen molar-refractivity contribution < 1.29 is 13.2 Å². The number of nitrogens with one attached hydrogen (secondary N) is 1. The Morgan fingerprint density at radius 3 is 2.74 bits per heavy atom. The van der Waals surface area contributed by atoms with Crippen molar-refractivity contribution in [3.63, 3.8) is 0 Å². The Morgan fingerprint density at radius 1 is 1.32 bits per heavy atom. The molecule has 0 bridgehead atoms. The standard InChI is InChI=1S/C13H20N2O3S/c14-12-3-1-2-4-13(12)18-9-10-19(16,17)15-8-7-11-5-6-11/h1-4,11,15H,5-10,14H2. The maximum atomic E-state index is 11.7. The summed E-state index contributed by atoms with van der Waals surface area (Å²) in [6, 6.07) is 7.05. The lowest BCUT2D eigenvalue weighted by atomic mass is 10.3. The first-order valence-electron chi connectivity index (χ1n) is 6.51. The number of hydrogen-bond donors (Lipinski definition) is 2. The fourth-order valence-electron chi connectivity index (χ4n) is 1.77. The zero-order chi connectivity index (χ0) is 13.7. The van der Waals surface area contributed by atoms with E-state index in [0.717, 1.165) is 12.3 Å². The minimum atomic E-state index is -3.25. The summed E-state index contributed by atoms with van der Waals surface area (Å²) in [5.74, 6) is 1.20.